The van der Waals surface area contributed by atoms with Crippen LogP contribution in [0.4, 0.5) is 0 Å². The van der Waals surface area contributed by atoms with E-state index in [0.717, 1.165) is 12.0 Å². The van der Waals surface area contributed by atoms with E-state index >= 15 is 0 Å². The van der Waals surface area contributed by atoms with Crippen molar-refractivity contribution in [2.24, 2.45) is 11.8 Å². The molecule has 0 bridgehead atoms. The summed E-state index contributed by atoms with van der Waals surface area (Å²) in [6.07, 6.45) is 2.11. The molecule has 0 aliphatic heterocycles. The normalized spacial score (nSPS) is 26.4. The summed E-state index contributed by atoms with van der Waals surface area (Å²) in [6, 6.07) is 8.21. The van der Waals surface area contributed by atoms with Gasteiger partial charge in [0.05, 0.1) is 10.6 Å². The second-order valence-electron chi connectivity index (χ2n) is 7.23. The molecule has 0 aromatic heterocycles. The molecule has 0 N–H and O–H groups in total. The number of sulfone groups is 1. The lowest BCUT2D eigenvalue weighted by atomic mass is 9.69. The topological polar surface area (TPSA) is 77.5 Å². The zero-order valence-corrected chi connectivity index (χ0v) is 15.9. The number of ketones is 1. The Hall–Kier alpha value is -1.95. The van der Waals surface area contributed by atoms with Gasteiger partial charge in [0.1, 0.15) is 6.10 Å². The Kier molecular flexibility index (Phi) is 5.32. The smallest absolute Gasteiger partial charge is 0.302 e. The van der Waals surface area contributed by atoms with Crippen molar-refractivity contribution in [1.29, 1.82) is 0 Å². The van der Waals surface area contributed by atoms with Crippen molar-refractivity contribution in [2.75, 3.05) is 5.75 Å². The van der Waals surface area contributed by atoms with Gasteiger partial charge >= 0.3 is 5.97 Å². The molecule has 0 heterocycles. The number of benzene rings is 1. The van der Waals surface area contributed by atoms with Crippen molar-refractivity contribution in [3.05, 3.63) is 41.5 Å². The molecule has 0 spiro atoms. The lowest BCUT2D eigenvalue weighted by Crippen LogP contribution is -2.41. The minimum absolute atomic E-state index is 0.0543. The van der Waals surface area contributed by atoms with Gasteiger partial charge in [0.2, 0.25) is 0 Å². The van der Waals surface area contributed by atoms with Gasteiger partial charge in [0.25, 0.3) is 0 Å². The molecule has 6 heteroatoms. The zero-order chi connectivity index (χ0) is 18.9. The summed E-state index contributed by atoms with van der Waals surface area (Å²) in [7, 11) is -3.58. The van der Waals surface area contributed by atoms with E-state index in [0.29, 0.717) is 24.8 Å². The van der Waals surface area contributed by atoms with E-state index in [2.05, 4.69) is 0 Å². The molecule has 2 unspecified atom stereocenters. The average Bonchev–Trinajstić information content (AvgIpc) is 2.60. The summed E-state index contributed by atoms with van der Waals surface area (Å²) in [5, 5.41) is 0. The van der Waals surface area contributed by atoms with Crippen LogP contribution in [0.15, 0.2) is 46.4 Å². The molecule has 1 aromatic rings. The molecule has 5 nitrogen and oxygen atoms in total. The molecular weight excluding hydrogens is 352 g/mol. The van der Waals surface area contributed by atoms with Crippen LogP contribution in [0.2, 0.25) is 0 Å². The molecule has 1 aromatic carbocycles. The third kappa shape index (κ3) is 3.75. The highest BCUT2D eigenvalue weighted by molar-refractivity contribution is 7.91. The standard InChI is InChI=1S/C20H24O5S/c1-13-8-9-16-17(20(13)25-14(2)21)10-11-19(22)18(16)12-26(23,24)15-6-4-3-5-7-15/h3-7,13,17,20H,8-12H2,1-2H3/t13?,17?,20-/m1/s1. The quantitative estimate of drug-likeness (QED) is 0.755. The van der Waals surface area contributed by atoms with Crippen molar-refractivity contribution in [1.82, 2.24) is 0 Å². The van der Waals surface area contributed by atoms with Crippen LogP contribution in [0.5, 0.6) is 0 Å². The Morgan fingerprint density at radius 2 is 1.85 bits per heavy atom. The first-order valence-corrected chi connectivity index (χ1v) is 10.6. The van der Waals surface area contributed by atoms with Gasteiger partial charge in [-0.3, -0.25) is 9.59 Å². The zero-order valence-electron chi connectivity index (χ0n) is 15.1. The van der Waals surface area contributed by atoms with Crippen molar-refractivity contribution in [3.8, 4) is 0 Å². The van der Waals surface area contributed by atoms with Gasteiger partial charge in [-0.15, -0.1) is 0 Å². The van der Waals surface area contributed by atoms with Crippen molar-refractivity contribution >= 4 is 21.6 Å². The summed E-state index contributed by atoms with van der Waals surface area (Å²) in [5.74, 6) is -0.553. The molecule has 1 saturated carbocycles. The van der Waals surface area contributed by atoms with Gasteiger partial charge < -0.3 is 4.74 Å². The summed E-state index contributed by atoms with van der Waals surface area (Å²) in [4.78, 5) is 24.3. The number of carbonyl (C=O) groups excluding carboxylic acids is 2. The van der Waals surface area contributed by atoms with E-state index in [1.54, 1.807) is 30.3 Å². The van der Waals surface area contributed by atoms with Crippen LogP contribution < -0.4 is 0 Å². The number of carbonyl (C=O) groups is 2. The number of ether oxygens (including phenoxy) is 1. The first-order chi connectivity index (χ1) is 12.3. The van der Waals surface area contributed by atoms with E-state index in [1.807, 2.05) is 6.92 Å². The van der Waals surface area contributed by atoms with Gasteiger partial charge in [0, 0.05) is 24.8 Å². The molecule has 3 atom stereocenters. The SMILES string of the molecule is CC(=O)O[C@@H]1C(C)CCC2=C(CS(=O)(=O)c3ccccc3)C(=O)CCC21. The minimum Gasteiger partial charge on any atom is -0.462 e. The monoisotopic (exact) mass is 376 g/mol. The van der Waals surface area contributed by atoms with Gasteiger partial charge in [-0.05, 0) is 37.3 Å². The molecule has 26 heavy (non-hydrogen) atoms. The first-order valence-electron chi connectivity index (χ1n) is 8.99. The van der Waals surface area contributed by atoms with E-state index in [-0.39, 0.29) is 40.3 Å². The first kappa shape index (κ1) is 18.8. The average molecular weight is 376 g/mol. The lowest BCUT2D eigenvalue weighted by Gasteiger charge is -2.40. The Labute approximate surface area is 154 Å². The molecule has 0 radical (unpaired) electrons. The van der Waals surface area contributed by atoms with Crippen molar-refractivity contribution in [3.63, 3.8) is 0 Å². The fourth-order valence-electron chi connectivity index (χ4n) is 4.12. The Bertz CT molecular complexity index is 838. The second-order valence-corrected chi connectivity index (χ2v) is 9.22. The van der Waals surface area contributed by atoms with Crippen LogP contribution in [-0.4, -0.2) is 32.0 Å². The summed E-state index contributed by atoms with van der Waals surface area (Å²) >= 11 is 0. The van der Waals surface area contributed by atoms with Crippen molar-refractivity contribution < 1.29 is 22.7 Å². The highest BCUT2D eigenvalue weighted by atomic mass is 32.2. The van der Waals surface area contributed by atoms with E-state index in [1.165, 1.54) is 6.92 Å². The van der Waals surface area contributed by atoms with Crippen LogP contribution >= 0.6 is 0 Å². The van der Waals surface area contributed by atoms with Crippen LogP contribution in [0.25, 0.3) is 0 Å². The summed E-state index contributed by atoms with van der Waals surface area (Å²) in [5.41, 5.74) is 1.29. The number of hydrogen-bond donors (Lipinski definition) is 0. The maximum absolute atomic E-state index is 12.8. The maximum Gasteiger partial charge on any atom is 0.302 e. The fourth-order valence-corrected chi connectivity index (χ4v) is 5.59. The summed E-state index contributed by atoms with van der Waals surface area (Å²) in [6.45, 7) is 3.43. The Morgan fingerprint density at radius 3 is 2.50 bits per heavy atom. The molecule has 0 saturated heterocycles. The van der Waals surface area contributed by atoms with E-state index in [4.69, 9.17) is 4.74 Å². The third-order valence-corrected chi connectivity index (χ3v) is 7.08. The van der Waals surface area contributed by atoms with Gasteiger partial charge in [-0.1, -0.05) is 30.7 Å². The largest absolute Gasteiger partial charge is 0.462 e. The Morgan fingerprint density at radius 1 is 1.15 bits per heavy atom. The van der Waals surface area contributed by atoms with Gasteiger partial charge in [0.15, 0.2) is 15.6 Å². The molecule has 0 amide bonds. The number of esters is 1. The number of rotatable bonds is 4. The van der Waals surface area contributed by atoms with Crippen LogP contribution in [0.1, 0.15) is 39.5 Å². The minimum atomic E-state index is -3.58. The maximum atomic E-state index is 12.8. The number of Topliss-reactive ketones (excluding diaryl/α,β-unsaturated/α-hetero) is 1. The van der Waals surface area contributed by atoms with Gasteiger partial charge in [-0.2, -0.15) is 0 Å². The highest BCUT2D eigenvalue weighted by Gasteiger charge is 2.41. The van der Waals surface area contributed by atoms with E-state index < -0.39 is 9.84 Å². The predicted molar refractivity (Wildman–Crippen MR) is 97.2 cm³/mol. The van der Waals surface area contributed by atoms with Crippen LogP contribution in [0, 0.1) is 11.8 Å². The lowest BCUT2D eigenvalue weighted by molar-refractivity contribution is -0.153. The highest BCUT2D eigenvalue weighted by Crippen LogP contribution is 2.43. The predicted octanol–water partition coefficient (Wildman–Crippen LogP) is 3.10. The third-order valence-electron chi connectivity index (χ3n) is 5.42. The fraction of sp³-hybridized carbons (Fsp3) is 0.500. The summed E-state index contributed by atoms with van der Waals surface area (Å²) < 4.78 is 31.1. The van der Waals surface area contributed by atoms with E-state index in [9.17, 15) is 18.0 Å². The molecule has 1 fully saturated rings. The van der Waals surface area contributed by atoms with Crippen molar-refractivity contribution in [2.45, 2.75) is 50.5 Å². The number of hydrogen-bond acceptors (Lipinski definition) is 5. The van der Waals surface area contributed by atoms with Crippen LogP contribution in [-0.2, 0) is 24.2 Å². The molecule has 140 valence electrons. The van der Waals surface area contributed by atoms with Gasteiger partial charge in [-0.25, -0.2) is 8.42 Å². The number of fused-ring (bicyclic) bond motifs is 1. The molecule has 3 rings (SSSR count). The van der Waals surface area contributed by atoms with Crippen LogP contribution in [0.3, 0.4) is 0 Å². The molecule has 2 aliphatic carbocycles. The molecule has 2 aliphatic rings. The molecular formula is C20H24O5S. The Balaban J connectivity index is 1.96. The second kappa shape index (κ2) is 7.35.